The van der Waals surface area contributed by atoms with Gasteiger partial charge in [-0.25, -0.2) is 9.97 Å². The van der Waals surface area contributed by atoms with Crippen LogP contribution >= 0.6 is 34.5 Å². The summed E-state index contributed by atoms with van der Waals surface area (Å²) in [7, 11) is 0. The van der Waals surface area contributed by atoms with Crippen molar-refractivity contribution in [2.24, 2.45) is 0 Å². The summed E-state index contributed by atoms with van der Waals surface area (Å²) in [5.41, 5.74) is 12.5. The standard InChI is InChI=1S/C35H18Cl2N2S/c36-32-31-24-18-19(16-17-29(24)40-33(31)39-34(37)38-32)20-11-7-15-28-30(20)23-10-3-6-14-27(23)35(28)25-12-4-1-8-21(25)22-9-2-5-13-26(22)35/h1-18H. The molecule has 0 saturated carbocycles. The molecule has 1 spiro atoms. The van der Waals surface area contributed by atoms with Crippen LogP contribution in [0, 0.1) is 0 Å². The van der Waals surface area contributed by atoms with Crippen LogP contribution in [0.3, 0.4) is 0 Å². The number of hydrogen-bond acceptors (Lipinski definition) is 3. The molecule has 0 saturated heterocycles. The molecule has 9 rings (SSSR count). The molecule has 2 heterocycles. The zero-order valence-corrected chi connectivity index (χ0v) is 23.3. The average Bonchev–Trinajstić information content (AvgIpc) is 3.60. The zero-order valence-electron chi connectivity index (χ0n) is 21.0. The predicted octanol–water partition coefficient (Wildman–Crippen LogP) is 10.2. The Hall–Kier alpha value is -4.02. The number of benzene rings is 5. The lowest BCUT2D eigenvalue weighted by Gasteiger charge is -2.30. The highest BCUT2D eigenvalue weighted by Crippen LogP contribution is 2.63. The van der Waals surface area contributed by atoms with E-state index in [-0.39, 0.29) is 10.7 Å². The number of hydrogen-bond donors (Lipinski definition) is 0. The van der Waals surface area contributed by atoms with E-state index in [9.17, 15) is 0 Å². The molecular formula is C35H18Cl2N2S. The smallest absolute Gasteiger partial charge is 0.207 e. The third-order valence-corrected chi connectivity index (χ3v) is 10.1. The molecule has 5 heteroatoms. The Kier molecular flexibility index (Phi) is 4.56. The van der Waals surface area contributed by atoms with Crippen LogP contribution in [0.25, 0.3) is 53.7 Å². The van der Waals surface area contributed by atoms with Crippen molar-refractivity contribution >= 4 is 54.8 Å². The van der Waals surface area contributed by atoms with Crippen LogP contribution in [0.4, 0.5) is 0 Å². The minimum atomic E-state index is -0.359. The van der Waals surface area contributed by atoms with E-state index in [0.717, 1.165) is 25.9 Å². The van der Waals surface area contributed by atoms with E-state index in [1.165, 1.54) is 50.1 Å². The Labute approximate surface area is 244 Å². The molecule has 0 radical (unpaired) electrons. The molecule has 0 amide bonds. The lowest BCUT2D eigenvalue weighted by molar-refractivity contribution is 0.794. The largest absolute Gasteiger partial charge is 0.225 e. The quantitative estimate of drug-likeness (QED) is 0.145. The van der Waals surface area contributed by atoms with Gasteiger partial charge in [0.05, 0.1) is 10.8 Å². The van der Waals surface area contributed by atoms with Crippen LogP contribution < -0.4 is 0 Å². The van der Waals surface area contributed by atoms with Gasteiger partial charge >= 0.3 is 0 Å². The Balaban J connectivity index is 1.38. The van der Waals surface area contributed by atoms with Crippen molar-refractivity contribution in [3.8, 4) is 33.4 Å². The Bertz CT molecular complexity index is 2170. The number of nitrogens with zero attached hydrogens (tertiary/aromatic N) is 2. The molecule has 7 aromatic rings. The Morgan fingerprint density at radius 2 is 1.18 bits per heavy atom. The van der Waals surface area contributed by atoms with E-state index >= 15 is 0 Å². The van der Waals surface area contributed by atoms with Crippen molar-refractivity contribution in [1.82, 2.24) is 9.97 Å². The first-order valence-electron chi connectivity index (χ1n) is 13.1. The number of fused-ring (bicyclic) bond motifs is 13. The fourth-order valence-electron chi connectivity index (χ4n) is 7.16. The van der Waals surface area contributed by atoms with E-state index < -0.39 is 0 Å². The molecule has 5 aromatic carbocycles. The van der Waals surface area contributed by atoms with Gasteiger partial charge in [0, 0.05) is 10.1 Å². The summed E-state index contributed by atoms with van der Waals surface area (Å²) >= 11 is 14.3. The zero-order chi connectivity index (χ0) is 26.6. The summed E-state index contributed by atoms with van der Waals surface area (Å²) in [5, 5.41) is 2.47. The summed E-state index contributed by atoms with van der Waals surface area (Å²) in [6.45, 7) is 0. The van der Waals surface area contributed by atoms with E-state index in [1.807, 2.05) is 0 Å². The number of halogens is 2. The first-order chi connectivity index (χ1) is 19.7. The first-order valence-corrected chi connectivity index (χ1v) is 14.7. The summed E-state index contributed by atoms with van der Waals surface area (Å²) in [5.74, 6) is 0. The van der Waals surface area contributed by atoms with Crippen molar-refractivity contribution in [1.29, 1.82) is 0 Å². The molecule has 2 aromatic heterocycles. The van der Waals surface area contributed by atoms with Gasteiger partial charge in [-0.1, -0.05) is 109 Å². The summed E-state index contributed by atoms with van der Waals surface area (Å²) in [6, 6.07) is 40.1. The fourth-order valence-corrected chi connectivity index (χ4v) is 8.81. The predicted molar refractivity (Wildman–Crippen MR) is 167 cm³/mol. The van der Waals surface area contributed by atoms with Crippen LogP contribution in [-0.4, -0.2) is 9.97 Å². The van der Waals surface area contributed by atoms with E-state index in [4.69, 9.17) is 23.2 Å². The van der Waals surface area contributed by atoms with Crippen LogP contribution in [0.2, 0.25) is 10.4 Å². The normalized spacial score (nSPS) is 13.9. The van der Waals surface area contributed by atoms with E-state index in [1.54, 1.807) is 11.3 Å². The van der Waals surface area contributed by atoms with Crippen molar-refractivity contribution in [2.45, 2.75) is 5.41 Å². The molecule has 0 N–H and O–H groups in total. The van der Waals surface area contributed by atoms with Gasteiger partial charge in [-0.3, -0.25) is 0 Å². The maximum absolute atomic E-state index is 6.59. The highest BCUT2D eigenvalue weighted by Gasteiger charge is 2.51. The van der Waals surface area contributed by atoms with Crippen molar-refractivity contribution in [3.05, 3.63) is 142 Å². The maximum atomic E-state index is 6.59. The summed E-state index contributed by atoms with van der Waals surface area (Å²) < 4.78 is 1.11. The molecule has 2 aliphatic rings. The molecule has 2 nitrogen and oxygen atoms in total. The Morgan fingerprint density at radius 3 is 1.90 bits per heavy atom. The molecule has 0 unspecified atom stereocenters. The van der Waals surface area contributed by atoms with Gasteiger partial charge in [-0.15, -0.1) is 11.3 Å². The number of thiophene rings is 1. The molecule has 0 bridgehead atoms. The number of aromatic nitrogens is 2. The van der Waals surface area contributed by atoms with Crippen LogP contribution in [-0.2, 0) is 5.41 Å². The maximum Gasteiger partial charge on any atom is 0.225 e. The molecule has 188 valence electrons. The van der Waals surface area contributed by atoms with Crippen molar-refractivity contribution in [3.63, 3.8) is 0 Å². The summed E-state index contributed by atoms with van der Waals surface area (Å²) in [6.07, 6.45) is 0. The fraction of sp³-hybridized carbons (Fsp3) is 0.0286. The number of rotatable bonds is 1. The highest BCUT2D eigenvalue weighted by atomic mass is 35.5. The lowest BCUT2D eigenvalue weighted by atomic mass is 9.70. The van der Waals surface area contributed by atoms with E-state index in [0.29, 0.717) is 5.15 Å². The van der Waals surface area contributed by atoms with Crippen molar-refractivity contribution in [2.75, 3.05) is 0 Å². The third-order valence-electron chi connectivity index (χ3n) is 8.59. The minimum absolute atomic E-state index is 0.171. The van der Waals surface area contributed by atoms with Gasteiger partial charge in [-0.05, 0) is 79.4 Å². The second-order valence-corrected chi connectivity index (χ2v) is 12.1. The van der Waals surface area contributed by atoms with Gasteiger partial charge in [0.2, 0.25) is 5.28 Å². The monoisotopic (exact) mass is 568 g/mol. The van der Waals surface area contributed by atoms with E-state index in [2.05, 4.69) is 119 Å². The third kappa shape index (κ3) is 2.75. The molecular weight excluding hydrogens is 551 g/mol. The van der Waals surface area contributed by atoms with Crippen LogP contribution in [0.15, 0.2) is 109 Å². The van der Waals surface area contributed by atoms with Gasteiger partial charge < -0.3 is 0 Å². The highest BCUT2D eigenvalue weighted by molar-refractivity contribution is 7.25. The molecule has 2 aliphatic carbocycles. The summed E-state index contributed by atoms with van der Waals surface area (Å²) in [4.78, 5) is 9.48. The van der Waals surface area contributed by atoms with Gasteiger partial charge in [0.25, 0.3) is 0 Å². The second-order valence-electron chi connectivity index (χ2n) is 10.4. The molecule has 0 aliphatic heterocycles. The van der Waals surface area contributed by atoms with Gasteiger partial charge in [0.1, 0.15) is 9.98 Å². The lowest BCUT2D eigenvalue weighted by Crippen LogP contribution is -2.25. The minimum Gasteiger partial charge on any atom is -0.207 e. The van der Waals surface area contributed by atoms with Crippen molar-refractivity contribution < 1.29 is 0 Å². The topological polar surface area (TPSA) is 25.8 Å². The Morgan fingerprint density at radius 1 is 0.575 bits per heavy atom. The second kappa shape index (κ2) is 8.02. The SMILES string of the molecule is Clc1nc(Cl)c2c(n1)sc1ccc(-c3cccc4c3-c3ccccc3C43c4ccccc4-c4ccccc43)cc12. The van der Waals surface area contributed by atoms with Gasteiger partial charge in [-0.2, -0.15) is 0 Å². The van der Waals surface area contributed by atoms with Crippen LogP contribution in [0.5, 0.6) is 0 Å². The van der Waals surface area contributed by atoms with Crippen LogP contribution in [0.1, 0.15) is 22.3 Å². The molecule has 0 fully saturated rings. The first kappa shape index (κ1) is 22.8. The molecule has 0 atom stereocenters. The molecule has 40 heavy (non-hydrogen) atoms. The average molecular weight is 570 g/mol. The van der Waals surface area contributed by atoms with Gasteiger partial charge in [0.15, 0.2) is 0 Å².